The van der Waals surface area contributed by atoms with E-state index in [4.69, 9.17) is 4.42 Å². The summed E-state index contributed by atoms with van der Waals surface area (Å²) in [6, 6.07) is 10.6. The van der Waals surface area contributed by atoms with Gasteiger partial charge in [-0.15, -0.1) is 0 Å². The van der Waals surface area contributed by atoms with Crippen LogP contribution in [0.2, 0.25) is 0 Å². The molecule has 4 atom stereocenters. The van der Waals surface area contributed by atoms with Gasteiger partial charge in [0.15, 0.2) is 11.6 Å². The lowest BCUT2D eigenvalue weighted by atomic mass is 9.60. The first-order chi connectivity index (χ1) is 17.3. The summed E-state index contributed by atoms with van der Waals surface area (Å²) in [7, 11) is 0. The van der Waals surface area contributed by atoms with Crippen LogP contribution in [0.1, 0.15) is 37.2 Å². The van der Waals surface area contributed by atoms with E-state index in [1.165, 1.54) is 11.0 Å². The van der Waals surface area contributed by atoms with Crippen molar-refractivity contribution in [2.24, 2.45) is 17.8 Å². The Morgan fingerprint density at radius 3 is 2.47 bits per heavy atom. The molecule has 4 aliphatic rings. The van der Waals surface area contributed by atoms with Crippen molar-refractivity contribution in [3.05, 3.63) is 85.9 Å². The average Bonchev–Trinajstić information content (AvgIpc) is 3.44. The van der Waals surface area contributed by atoms with Crippen molar-refractivity contribution in [3.63, 3.8) is 0 Å². The van der Waals surface area contributed by atoms with Crippen LogP contribution >= 0.6 is 22.6 Å². The smallest absolute Gasteiger partial charge is 0.238 e. The van der Waals surface area contributed by atoms with Crippen LogP contribution in [0.15, 0.2) is 75.3 Å². The molecule has 1 N–H and O–H groups in total. The van der Waals surface area contributed by atoms with E-state index in [-0.39, 0.29) is 36.4 Å². The van der Waals surface area contributed by atoms with Crippen molar-refractivity contribution in [1.82, 2.24) is 0 Å². The summed E-state index contributed by atoms with van der Waals surface area (Å²) < 4.78 is 6.88. The van der Waals surface area contributed by atoms with E-state index >= 15 is 0 Å². The third-order valence-electron chi connectivity index (χ3n) is 7.77. The Hall–Kier alpha value is -3.11. The summed E-state index contributed by atoms with van der Waals surface area (Å²) in [5.41, 5.74) is 2.49. The number of allylic oxidation sites excluding steroid dienone is 6. The molecule has 3 aliphatic carbocycles. The molecule has 1 saturated heterocycles. The first-order valence-corrected chi connectivity index (χ1v) is 12.9. The molecule has 2 aromatic rings. The predicted octanol–water partition coefficient (Wildman–Crippen LogP) is 4.01. The van der Waals surface area contributed by atoms with Crippen LogP contribution in [0, 0.1) is 21.3 Å². The maximum absolute atomic E-state index is 13.8. The number of furan rings is 1. The van der Waals surface area contributed by atoms with Gasteiger partial charge in [0, 0.05) is 20.3 Å². The Balaban J connectivity index is 1.47. The normalized spacial score (nSPS) is 27.6. The number of hydrogen-bond acceptors (Lipinski definition) is 6. The van der Waals surface area contributed by atoms with Crippen LogP contribution in [-0.2, 0) is 25.8 Å². The molecular formula is C28H22INO6. The molecule has 1 aromatic carbocycles. The average molecular weight is 595 g/mol. The molecule has 1 fully saturated rings. The van der Waals surface area contributed by atoms with Crippen LogP contribution in [0.25, 0.3) is 0 Å². The van der Waals surface area contributed by atoms with Crippen molar-refractivity contribution in [2.45, 2.75) is 32.3 Å². The fourth-order valence-electron chi connectivity index (χ4n) is 6.17. The summed E-state index contributed by atoms with van der Waals surface area (Å²) in [4.78, 5) is 54.9. The number of rotatable bonds is 3. The molecule has 8 heteroatoms. The summed E-state index contributed by atoms with van der Waals surface area (Å²) in [5.74, 6) is -2.38. The molecule has 6 rings (SSSR count). The van der Waals surface area contributed by atoms with Crippen LogP contribution < -0.4 is 4.90 Å². The summed E-state index contributed by atoms with van der Waals surface area (Å²) in [5, 5.41) is 9.55. The van der Waals surface area contributed by atoms with Gasteiger partial charge in [-0.3, -0.25) is 24.1 Å². The fraction of sp³-hybridized carbons (Fsp3) is 0.286. The van der Waals surface area contributed by atoms with E-state index in [1.54, 1.807) is 31.2 Å². The maximum Gasteiger partial charge on any atom is 0.238 e. The molecule has 1 aliphatic heterocycles. The van der Waals surface area contributed by atoms with Gasteiger partial charge in [-0.05, 0) is 90.7 Å². The largest absolute Gasteiger partial charge is 0.463 e. The lowest BCUT2D eigenvalue weighted by Crippen LogP contribution is -2.39. The van der Waals surface area contributed by atoms with Gasteiger partial charge in [-0.1, -0.05) is 11.6 Å². The van der Waals surface area contributed by atoms with Crippen LogP contribution in [0.3, 0.4) is 0 Å². The number of nitrogens with zero attached hydrogens (tertiary/aromatic N) is 1. The molecule has 2 amide bonds. The number of hydrogen-bond donors (Lipinski definition) is 1. The standard InChI is InChI=1S/C28H22INO6/c1-13-10-21(32)20-11-19-17(24(25(20)26(13)33)22-9-6-16(12-31)36-22)7-8-18-23(19)28(35)30(27(18)34)15-4-2-14(29)3-5-15/h2-7,9-10,18-19,23-24,31H,8,11-12H2,1H3/t18-,19+,23-,24+/m0/s1. The van der Waals surface area contributed by atoms with Crippen molar-refractivity contribution < 1.29 is 28.7 Å². The Kier molecular flexibility index (Phi) is 5.49. The molecule has 0 spiro atoms. The number of ketones is 2. The Bertz CT molecular complexity index is 1440. The van der Waals surface area contributed by atoms with Gasteiger partial charge in [0.1, 0.15) is 18.1 Å². The minimum Gasteiger partial charge on any atom is -0.463 e. The molecule has 7 nitrogen and oxygen atoms in total. The van der Waals surface area contributed by atoms with Gasteiger partial charge < -0.3 is 9.52 Å². The lowest BCUT2D eigenvalue weighted by molar-refractivity contribution is -0.123. The zero-order valence-electron chi connectivity index (χ0n) is 19.4. The number of carbonyl (C=O) groups is 4. The van der Waals surface area contributed by atoms with Crippen molar-refractivity contribution >= 4 is 51.7 Å². The number of halogens is 1. The maximum atomic E-state index is 13.8. The van der Waals surface area contributed by atoms with Crippen LogP contribution in [0.5, 0.6) is 0 Å². The highest BCUT2D eigenvalue weighted by Crippen LogP contribution is 2.55. The zero-order chi connectivity index (χ0) is 25.3. The van der Waals surface area contributed by atoms with Crippen LogP contribution in [0.4, 0.5) is 5.69 Å². The predicted molar refractivity (Wildman–Crippen MR) is 138 cm³/mol. The quantitative estimate of drug-likeness (QED) is 0.249. The second-order valence-corrected chi connectivity index (χ2v) is 10.9. The Morgan fingerprint density at radius 1 is 1.03 bits per heavy atom. The fourth-order valence-corrected chi connectivity index (χ4v) is 6.53. The molecule has 0 radical (unpaired) electrons. The molecule has 0 bridgehead atoms. The summed E-state index contributed by atoms with van der Waals surface area (Å²) >= 11 is 2.17. The number of benzene rings is 1. The van der Waals surface area contributed by atoms with E-state index in [1.807, 2.05) is 18.2 Å². The monoisotopic (exact) mass is 595 g/mol. The molecule has 0 unspecified atom stereocenters. The minimum absolute atomic E-state index is 0.215. The highest BCUT2D eigenvalue weighted by molar-refractivity contribution is 14.1. The first-order valence-electron chi connectivity index (χ1n) is 11.8. The number of Topliss-reactive ketones (excluding diaryl/α,β-unsaturated/α-hetero) is 1. The van der Waals surface area contributed by atoms with E-state index in [2.05, 4.69) is 22.6 Å². The molecule has 0 saturated carbocycles. The lowest BCUT2D eigenvalue weighted by Gasteiger charge is -2.41. The molecule has 1 aromatic heterocycles. The topological polar surface area (TPSA) is 105 Å². The van der Waals surface area contributed by atoms with Crippen molar-refractivity contribution in [3.8, 4) is 0 Å². The SMILES string of the molecule is CC1=CC(=O)C2=C(C1=O)[C@@H](c1ccc(CO)o1)C1=CC[C@@H]3C(=O)N(c4ccc(I)cc4)C(=O)[C@@H]3[C@@H]1C2. The second kappa shape index (κ2) is 8.48. The zero-order valence-corrected chi connectivity index (χ0v) is 21.5. The number of carbonyl (C=O) groups excluding carboxylic acids is 4. The highest BCUT2D eigenvalue weighted by Gasteiger charge is 2.57. The minimum atomic E-state index is -0.643. The number of aliphatic hydroxyl groups is 1. The van der Waals surface area contributed by atoms with Gasteiger partial charge >= 0.3 is 0 Å². The molecular weight excluding hydrogens is 573 g/mol. The van der Waals surface area contributed by atoms with E-state index in [0.717, 1.165) is 9.14 Å². The summed E-state index contributed by atoms with van der Waals surface area (Å²) in [6.07, 6.45) is 3.90. The van der Waals surface area contributed by atoms with Crippen LogP contribution in [-0.4, -0.2) is 28.5 Å². The van der Waals surface area contributed by atoms with Gasteiger partial charge in [0.2, 0.25) is 11.8 Å². The van der Waals surface area contributed by atoms with E-state index < -0.39 is 23.7 Å². The van der Waals surface area contributed by atoms with E-state index in [0.29, 0.717) is 40.3 Å². The number of aliphatic hydroxyl groups excluding tert-OH is 1. The van der Waals surface area contributed by atoms with Crippen molar-refractivity contribution in [2.75, 3.05) is 4.90 Å². The van der Waals surface area contributed by atoms with Gasteiger partial charge in [-0.25, -0.2) is 0 Å². The summed E-state index contributed by atoms with van der Waals surface area (Å²) in [6.45, 7) is 1.33. The third kappa shape index (κ3) is 3.34. The van der Waals surface area contributed by atoms with Crippen molar-refractivity contribution in [1.29, 1.82) is 0 Å². The third-order valence-corrected chi connectivity index (χ3v) is 8.49. The Labute approximate surface area is 220 Å². The van der Waals surface area contributed by atoms with Gasteiger partial charge in [0.25, 0.3) is 0 Å². The Morgan fingerprint density at radius 2 is 1.78 bits per heavy atom. The molecule has 182 valence electrons. The number of amides is 2. The van der Waals surface area contributed by atoms with E-state index in [9.17, 15) is 24.3 Å². The van der Waals surface area contributed by atoms with Gasteiger partial charge in [0.05, 0.1) is 23.4 Å². The number of imide groups is 1. The van der Waals surface area contributed by atoms with Gasteiger partial charge in [-0.2, -0.15) is 0 Å². The second-order valence-electron chi connectivity index (χ2n) is 9.68. The number of fused-ring (bicyclic) bond motifs is 3. The molecule has 36 heavy (non-hydrogen) atoms. The molecule has 2 heterocycles. The number of anilines is 1. The highest BCUT2D eigenvalue weighted by atomic mass is 127. The first kappa shape index (κ1) is 23.3.